The van der Waals surface area contributed by atoms with Crippen molar-refractivity contribution in [3.63, 3.8) is 0 Å². The molecule has 1 N–H and O–H groups in total. The van der Waals surface area contributed by atoms with E-state index in [1.54, 1.807) is 43.6 Å². The highest BCUT2D eigenvalue weighted by Gasteiger charge is 2.13. The molecule has 0 saturated heterocycles. The molecule has 136 valence electrons. The van der Waals surface area contributed by atoms with Gasteiger partial charge in [0, 0.05) is 16.9 Å². The average molecular weight is 390 g/mol. The Bertz CT molecular complexity index is 936. The predicted octanol–water partition coefficient (Wildman–Crippen LogP) is 3.50. The second-order valence-corrected chi connectivity index (χ2v) is 6.64. The number of ether oxygens (including phenoxy) is 3. The van der Waals surface area contributed by atoms with E-state index in [9.17, 15) is 0 Å². The summed E-state index contributed by atoms with van der Waals surface area (Å²) in [6.07, 6.45) is 2.32. The third kappa shape index (κ3) is 3.78. The Hall–Kier alpha value is -2.65. The Morgan fingerprint density at radius 1 is 1.23 bits per heavy atom. The summed E-state index contributed by atoms with van der Waals surface area (Å²) in [6, 6.07) is 7.68. The summed E-state index contributed by atoms with van der Waals surface area (Å²) in [5, 5.41) is 13.6. The van der Waals surface area contributed by atoms with Crippen molar-refractivity contribution in [1.29, 1.82) is 0 Å². The molecule has 0 fully saturated rings. The zero-order valence-corrected chi connectivity index (χ0v) is 16.2. The molecule has 7 nitrogen and oxygen atoms in total. The lowest BCUT2D eigenvalue weighted by Gasteiger charge is -2.12. The summed E-state index contributed by atoms with van der Waals surface area (Å²) >= 11 is 6.95. The number of aromatic nitrogens is 3. The Kier molecular flexibility index (Phi) is 5.69. The zero-order chi connectivity index (χ0) is 18.5. The maximum atomic E-state index is 5.36. The van der Waals surface area contributed by atoms with Crippen LogP contribution in [-0.4, -0.2) is 42.4 Å². The van der Waals surface area contributed by atoms with E-state index in [1.165, 1.54) is 4.88 Å². The molecule has 0 saturated carbocycles. The maximum absolute atomic E-state index is 5.36. The minimum absolute atomic E-state index is 0.431. The summed E-state index contributed by atoms with van der Waals surface area (Å²) in [5.74, 6) is 2.39. The van der Waals surface area contributed by atoms with Crippen LogP contribution in [0.15, 0.2) is 34.7 Å². The van der Waals surface area contributed by atoms with E-state index >= 15 is 0 Å². The van der Waals surface area contributed by atoms with Crippen LogP contribution in [0.1, 0.15) is 16.3 Å². The monoisotopic (exact) mass is 390 g/mol. The Labute approximate surface area is 159 Å². The van der Waals surface area contributed by atoms with E-state index in [0.29, 0.717) is 28.4 Å². The van der Waals surface area contributed by atoms with Crippen molar-refractivity contribution in [2.24, 2.45) is 5.10 Å². The first-order chi connectivity index (χ1) is 12.7. The van der Waals surface area contributed by atoms with E-state index in [1.807, 2.05) is 23.6 Å². The van der Waals surface area contributed by atoms with Gasteiger partial charge in [0.05, 0.1) is 27.5 Å². The third-order valence-electron chi connectivity index (χ3n) is 3.64. The minimum atomic E-state index is 0.431. The number of thiophene rings is 1. The van der Waals surface area contributed by atoms with E-state index in [4.69, 9.17) is 26.4 Å². The number of hydrogen-bond acceptors (Lipinski definition) is 7. The van der Waals surface area contributed by atoms with Crippen LogP contribution in [0.4, 0.5) is 0 Å². The van der Waals surface area contributed by atoms with E-state index < -0.39 is 0 Å². The highest BCUT2D eigenvalue weighted by molar-refractivity contribution is 7.71. The van der Waals surface area contributed by atoms with Gasteiger partial charge in [0.1, 0.15) is 0 Å². The van der Waals surface area contributed by atoms with Crippen LogP contribution in [0, 0.1) is 4.77 Å². The number of methoxy groups -OCH3 is 3. The molecule has 2 heterocycles. The van der Waals surface area contributed by atoms with E-state index in [-0.39, 0.29) is 0 Å². The summed E-state index contributed by atoms with van der Waals surface area (Å²) in [5.41, 5.74) is 0.782. The summed E-state index contributed by atoms with van der Waals surface area (Å²) < 4.78 is 18.1. The lowest BCUT2D eigenvalue weighted by atomic mass is 10.2. The first kappa shape index (κ1) is 18.2. The molecule has 0 spiro atoms. The van der Waals surface area contributed by atoms with E-state index in [0.717, 1.165) is 11.4 Å². The Morgan fingerprint density at radius 2 is 1.96 bits per heavy atom. The number of H-pyrrole nitrogens is 1. The molecule has 0 atom stereocenters. The molecule has 0 bridgehead atoms. The fourth-order valence-corrected chi connectivity index (χ4v) is 3.33. The summed E-state index contributed by atoms with van der Waals surface area (Å²) in [7, 11) is 4.71. The largest absolute Gasteiger partial charge is 0.493 e. The second-order valence-electron chi connectivity index (χ2n) is 5.22. The number of nitrogens with one attached hydrogen (secondary N) is 1. The van der Waals surface area contributed by atoms with Crippen LogP contribution < -0.4 is 14.2 Å². The Balaban J connectivity index is 1.93. The fourth-order valence-electron chi connectivity index (χ4n) is 2.43. The van der Waals surface area contributed by atoms with Crippen molar-refractivity contribution >= 4 is 29.8 Å². The van der Waals surface area contributed by atoms with Crippen molar-refractivity contribution in [2.75, 3.05) is 21.3 Å². The van der Waals surface area contributed by atoms with Crippen LogP contribution in [0.2, 0.25) is 0 Å². The SMILES string of the molecule is COc1cc(/C=N\n2c(Cc3cccs3)n[nH]c2=S)cc(OC)c1OC. The standard InChI is InChI=1S/C17H18N4O3S2/c1-22-13-7-11(8-14(23-2)16(13)24-3)10-18-21-15(19-20-17(21)25)9-12-5-4-6-26-12/h4-8,10H,9H2,1-3H3,(H,20,25)/b18-10-. The van der Waals surface area contributed by atoms with Gasteiger partial charge in [-0.25, -0.2) is 0 Å². The molecule has 26 heavy (non-hydrogen) atoms. The van der Waals surface area contributed by atoms with Gasteiger partial charge >= 0.3 is 0 Å². The number of nitrogens with zero attached hydrogens (tertiary/aromatic N) is 3. The minimum Gasteiger partial charge on any atom is -0.493 e. The van der Waals surface area contributed by atoms with Crippen LogP contribution >= 0.6 is 23.6 Å². The van der Waals surface area contributed by atoms with Crippen molar-refractivity contribution in [1.82, 2.24) is 14.9 Å². The van der Waals surface area contributed by atoms with Crippen molar-refractivity contribution < 1.29 is 14.2 Å². The average Bonchev–Trinajstić information content (AvgIpc) is 3.29. The molecule has 3 rings (SSSR count). The quantitative estimate of drug-likeness (QED) is 0.494. The maximum Gasteiger partial charge on any atom is 0.216 e. The Morgan fingerprint density at radius 3 is 2.54 bits per heavy atom. The lowest BCUT2D eigenvalue weighted by molar-refractivity contribution is 0.324. The molecule has 0 aliphatic heterocycles. The summed E-state index contributed by atoms with van der Waals surface area (Å²) in [6.45, 7) is 0. The molecular weight excluding hydrogens is 372 g/mol. The smallest absolute Gasteiger partial charge is 0.216 e. The molecule has 2 aromatic heterocycles. The van der Waals surface area contributed by atoms with Gasteiger partial charge in [0.2, 0.25) is 10.5 Å². The van der Waals surface area contributed by atoms with Gasteiger partial charge in [-0.15, -0.1) is 11.3 Å². The first-order valence-corrected chi connectivity index (χ1v) is 8.98. The van der Waals surface area contributed by atoms with Crippen molar-refractivity contribution in [3.05, 3.63) is 50.7 Å². The number of rotatable bonds is 7. The second kappa shape index (κ2) is 8.15. The summed E-state index contributed by atoms with van der Waals surface area (Å²) in [4.78, 5) is 1.18. The molecule has 0 unspecified atom stereocenters. The van der Waals surface area contributed by atoms with Crippen LogP contribution in [0.3, 0.4) is 0 Å². The van der Waals surface area contributed by atoms with Gasteiger partial charge in [-0.3, -0.25) is 5.10 Å². The van der Waals surface area contributed by atoms with Gasteiger partial charge < -0.3 is 14.2 Å². The van der Waals surface area contributed by atoms with Crippen LogP contribution in [-0.2, 0) is 6.42 Å². The molecule has 9 heteroatoms. The van der Waals surface area contributed by atoms with Gasteiger partial charge in [-0.2, -0.15) is 14.9 Å². The topological polar surface area (TPSA) is 73.7 Å². The first-order valence-electron chi connectivity index (χ1n) is 7.69. The van der Waals surface area contributed by atoms with Gasteiger partial charge in [-0.1, -0.05) is 6.07 Å². The fraction of sp³-hybridized carbons (Fsp3) is 0.235. The van der Waals surface area contributed by atoms with Crippen molar-refractivity contribution in [3.8, 4) is 17.2 Å². The molecule has 1 aromatic carbocycles. The number of benzene rings is 1. The molecule has 0 amide bonds. The normalized spacial score (nSPS) is 11.0. The number of aromatic amines is 1. The van der Waals surface area contributed by atoms with Crippen LogP contribution in [0.5, 0.6) is 17.2 Å². The highest BCUT2D eigenvalue weighted by Crippen LogP contribution is 2.37. The predicted molar refractivity (Wildman–Crippen MR) is 104 cm³/mol. The van der Waals surface area contributed by atoms with Gasteiger partial charge in [0.15, 0.2) is 17.3 Å². The van der Waals surface area contributed by atoms with Gasteiger partial charge in [-0.05, 0) is 35.8 Å². The third-order valence-corrected chi connectivity index (χ3v) is 4.78. The van der Waals surface area contributed by atoms with Gasteiger partial charge in [0.25, 0.3) is 0 Å². The van der Waals surface area contributed by atoms with Crippen LogP contribution in [0.25, 0.3) is 0 Å². The zero-order valence-electron chi connectivity index (χ0n) is 14.6. The molecule has 0 radical (unpaired) electrons. The van der Waals surface area contributed by atoms with Crippen molar-refractivity contribution in [2.45, 2.75) is 6.42 Å². The molecule has 3 aromatic rings. The molecule has 0 aliphatic carbocycles. The molecule has 0 aliphatic rings. The molecular formula is C17H18N4O3S2. The lowest BCUT2D eigenvalue weighted by Crippen LogP contribution is -2.00. The van der Waals surface area contributed by atoms with E-state index in [2.05, 4.69) is 21.4 Å². The highest BCUT2D eigenvalue weighted by atomic mass is 32.1. The number of hydrogen-bond donors (Lipinski definition) is 1.